The largest absolute Gasteiger partial charge is 0.350 e. The van der Waals surface area contributed by atoms with E-state index in [1.807, 2.05) is 13.8 Å². The van der Waals surface area contributed by atoms with Gasteiger partial charge in [0.25, 0.3) is 0 Å². The third-order valence-corrected chi connectivity index (χ3v) is 2.84. The van der Waals surface area contributed by atoms with E-state index in [2.05, 4.69) is 13.8 Å². The van der Waals surface area contributed by atoms with Gasteiger partial charge in [-0.2, -0.15) is 0 Å². The summed E-state index contributed by atoms with van der Waals surface area (Å²) in [5.41, 5.74) is 0. The molecule has 0 aliphatic carbocycles. The van der Waals surface area contributed by atoms with Crippen molar-refractivity contribution in [2.45, 2.75) is 46.0 Å². The van der Waals surface area contributed by atoms with Crippen LogP contribution in [0.3, 0.4) is 0 Å². The van der Waals surface area contributed by atoms with Crippen molar-refractivity contribution in [3.05, 3.63) is 0 Å². The number of rotatable bonds is 3. The van der Waals surface area contributed by atoms with E-state index in [9.17, 15) is 4.79 Å². The van der Waals surface area contributed by atoms with E-state index < -0.39 is 5.79 Å². The van der Waals surface area contributed by atoms with Gasteiger partial charge in [-0.1, -0.05) is 20.3 Å². The average molecular weight is 200 g/mol. The second-order valence-electron chi connectivity index (χ2n) is 4.48. The average Bonchev–Trinajstić information content (AvgIpc) is 2.15. The monoisotopic (exact) mass is 200 g/mol. The van der Waals surface area contributed by atoms with Crippen LogP contribution in [0.4, 0.5) is 0 Å². The van der Waals surface area contributed by atoms with Crippen molar-refractivity contribution in [2.24, 2.45) is 11.8 Å². The summed E-state index contributed by atoms with van der Waals surface area (Å²) in [6.07, 6.45) is 1.97. The molecule has 82 valence electrons. The number of carbonyl (C=O) groups excluding carboxylic acids is 1. The normalized spacial score (nSPS) is 33.7. The molecule has 3 nitrogen and oxygen atoms in total. The van der Waals surface area contributed by atoms with Crippen LogP contribution in [0.25, 0.3) is 0 Å². The highest BCUT2D eigenvalue weighted by Crippen LogP contribution is 2.30. The van der Waals surface area contributed by atoms with Gasteiger partial charge in [0.05, 0.1) is 18.6 Å². The summed E-state index contributed by atoms with van der Waals surface area (Å²) < 4.78 is 11.2. The summed E-state index contributed by atoms with van der Waals surface area (Å²) in [5, 5.41) is 0. The van der Waals surface area contributed by atoms with E-state index in [1.165, 1.54) is 0 Å². The van der Waals surface area contributed by atoms with E-state index in [0.29, 0.717) is 12.5 Å². The second-order valence-corrected chi connectivity index (χ2v) is 4.48. The number of hydrogen-bond donors (Lipinski definition) is 0. The number of ether oxygens (including phenoxy) is 2. The lowest BCUT2D eigenvalue weighted by atomic mass is 9.90. The van der Waals surface area contributed by atoms with Crippen LogP contribution in [0.15, 0.2) is 0 Å². The highest BCUT2D eigenvalue weighted by atomic mass is 16.7. The minimum Gasteiger partial charge on any atom is -0.350 e. The molecule has 0 spiro atoms. The molecule has 1 aliphatic heterocycles. The van der Waals surface area contributed by atoms with Crippen LogP contribution < -0.4 is 0 Å². The summed E-state index contributed by atoms with van der Waals surface area (Å²) in [4.78, 5) is 10.8. The molecule has 14 heavy (non-hydrogen) atoms. The Kier molecular flexibility index (Phi) is 3.67. The fourth-order valence-electron chi connectivity index (χ4n) is 1.73. The lowest BCUT2D eigenvalue weighted by molar-refractivity contribution is -0.295. The fraction of sp³-hybridized carbons (Fsp3) is 0.909. The Hall–Kier alpha value is -0.410. The van der Waals surface area contributed by atoms with Gasteiger partial charge < -0.3 is 14.3 Å². The van der Waals surface area contributed by atoms with E-state index in [1.54, 1.807) is 0 Å². The zero-order chi connectivity index (χ0) is 10.8. The predicted molar refractivity (Wildman–Crippen MR) is 53.9 cm³/mol. The summed E-state index contributed by atoms with van der Waals surface area (Å²) in [5.74, 6) is -0.264. The summed E-state index contributed by atoms with van der Waals surface area (Å²) in [6.45, 7) is 8.49. The molecule has 0 aromatic heterocycles. The van der Waals surface area contributed by atoms with Crippen LogP contribution in [0.5, 0.6) is 0 Å². The molecule has 1 rings (SSSR count). The van der Waals surface area contributed by atoms with Crippen LogP contribution in [0, 0.1) is 11.8 Å². The SMILES string of the molecule is CC[C@H](C)[C@H]1OC(C)(C)OC[C@@H]1C=O. The van der Waals surface area contributed by atoms with Crippen molar-refractivity contribution in [3.63, 3.8) is 0 Å². The maximum Gasteiger partial charge on any atom is 0.163 e. The molecule has 0 amide bonds. The number of aldehydes is 1. The van der Waals surface area contributed by atoms with Crippen LogP contribution in [-0.4, -0.2) is 24.8 Å². The highest BCUT2D eigenvalue weighted by molar-refractivity contribution is 5.55. The Morgan fingerprint density at radius 1 is 1.57 bits per heavy atom. The quantitative estimate of drug-likeness (QED) is 0.654. The first-order chi connectivity index (χ1) is 6.50. The van der Waals surface area contributed by atoms with Gasteiger partial charge in [-0.3, -0.25) is 0 Å². The Balaban J connectivity index is 2.70. The molecular formula is C11H20O3. The third kappa shape index (κ3) is 2.55. The molecule has 1 heterocycles. The molecule has 1 saturated heterocycles. The van der Waals surface area contributed by atoms with Gasteiger partial charge >= 0.3 is 0 Å². The van der Waals surface area contributed by atoms with Gasteiger partial charge in [-0.25, -0.2) is 0 Å². The summed E-state index contributed by atoms with van der Waals surface area (Å²) >= 11 is 0. The van der Waals surface area contributed by atoms with Gasteiger partial charge in [0.15, 0.2) is 5.79 Å². The fourth-order valence-corrected chi connectivity index (χ4v) is 1.73. The minimum atomic E-state index is -0.548. The van der Waals surface area contributed by atoms with Crippen molar-refractivity contribution >= 4 is 6.29 Å². The minimum absolute atomic E-state index is 0.00116. The molecule has 1 aliphatic rings. The van der Waals surface area contributed by atoms with E-state index in [0.717, 1.165) is 12.7 Å². The third-order valence-electron chi connectivity index (χ3n) is 2.84. The van der Waals surface area contributed by atoms with Crippen molar-refractivity contribution < 1.29 is 14.3 Å². The lowest BCUT2D eigenvalue weighted by Crippen LogP contribution is -2.48. The molecule has 0 radical (unpaired) electrons. The molecule has 0 unspecified atom stereocenters. The zero-order valence-electron chi connectivity index (χ0n) is 9.45. The lowest BCUT2D eigenvalue weighted by Gasteiger charge is -2.41. The van der Waals surface area contributed by atoms with Crippen molar-refractivity contribution in [1.82, 2.24) is 0 Å². The van der Waals surface area contributed by atoms with Gasteiger partial charge in [-0.15, -0.1) is 0 Å². The van der Waals surface area contributed by atoms with Gasteiger partial charge in [0.1, 0.15) is 6.29 Å². The smallest absolute Gasteiger partial charge is 0.163 e. The van der Waals surface area contributed by atoms with Crippen molar-refractivity contribution in [3.8, 4) is 0 Å². The topological polar surface area (TPSA) is 35.5 Å². The first kappa shape index (κ1) is 11.7. The van der Waals surface area contributed by atoms with Gasteiger partial charge in [-0.05, 0) is 19.8 Å². The van der Waals surface area contributed by atoms with Crippen molar-refractivity contribution in [1.29, 1.82) is 0 Å². The molecule has 3 atom stereocenters. The standard InChI is InChI=1S/C11H20O3/c1-5-8(2)10-9(6-12)7-13-11(3,4)14-10/h6,8-10H,5,7H2,1-4H3/t8-,9-,10+/m0/s1. The predicted octanol–water partition coefficient (Wildman–Crippen LogP) is 2.00. The molecule has 0 bridgehead atoms. The summed E-state index contributed by atoms with van der Waals surface area (Å²) in [7, 11) is 0. The second kappa shape index (κ2) is 4.41. The first-order valence-corrected chi connectivity index (χ1v) is 5.27. The number of carbonyl (C=O) groups is 1. The maximum absolute atomic E-state index is 10.8. The van der Waals surface area contributed by atoms with Gasteiger partial charge in [0, 0.05) is 0 Å². The molecule has 0 N–H and O–H groups in total. The van der Waals surface area contributed by atoms with E-state index in [4.69, 9.17) is 9.47 Å². The van der Waals surface area contributed by atoms with Crippen molar-refractivity contribution in [2.75, 3.05) is 6.61 Å². The van der Waals surface area contributed by atoms with Crippen LogP contribution in [0.2, 0.25) is 0 Å². The molecular weight excluding hydrogens is 180 g/mol. The maximum atomic E-state index is 10.8. The van der Waals surface area contributed by atoms with E-state index >= 15 is 0 Å². The molecule has 0 aromatic rings. The number of hydrogen-bond acceptors (Lipinski definition) is 3. The Morgan fingerprint density at radius 2 is 2.21 bits per heavy atom. The first-order valence-electron chi connectivity index (χ1n) is 5.27. The van der Waals surface area contributed by atoms with Gasteiger partial charge in [0.2, 0.25) is 0 Å². The highest BCUT2D eigenvalue weighted by Gasteiger charge is 2.38. The molecule has 3 heteroatoms. The Morgan fingerprint density at radius 3 is 2.71 bits per heavy atom. The molecule has 1 fully saturated rings. The molecule has 0 aromatic carbocycles. The summed E-state index contributed by atoms with van der Waals surface area (Å²) in [6, 6.07) is 0. The Labute approximate surface area is 85.8 Å². The zero-order valence-corrected chi connectivity index (χ0v) is 9.45. The van der Waals surface area contributed by atoms with Crippen LogP contribution in [0.1, 0.15) is 34.1 Å². The van der Waals surface area contributed by atoms with Crippen LogP contribution in [-0.2, 0) is 14.3 Å². The van der Waals surface area contributed by atoms with Crippen LogP contribution >= 0.6 is 0 Å². The van der Waals surface area contributed by atoms with E-state index in [-0.39, 0.29) is 12.0 Å². The molecule has 0 saturated carbocycles. The Bertz CT molecular complexity index is 201.